The van der Waals surface area contributed by atoms with Crippen molar-refractivity contribution < 1.29 is 33.6 Å². The Labute approximate surface area is 200 Å². The van der Waals surface area contributed by atoms with Crippen molar-refractivity contribution in [3.05, 3.63) is 53.9 Å². The first-order valence-electron chi connectivity index (χ1n) is 11.6. The number of hydrogen-bond acceptors (Lipinski definition) is 8. The van der Waals surface area contributed by atoms with Gasteiger partial charge in [0, 0.05) is 31.2 Å². The number of benzene rings is 1. The van der Waals surface area contributed by atoms with E-state index in [2.05, 4.69) is 17.1 Å². The molecule has 0 saturated carbocycles. The fourth-order valence-electron chi connectivity index (χ4n) is 4.14. The van der Waals surface area contributed by atoms with Crippen LogP contribution in [-0.2, 0) is 25.4 Å². The lowest BCUT2D eigenvalue weighted by atomic mass is 9.91. The summed E-state index contributed by atoms with van der Waals surface area (Å²) < 4.78 is 22.9. The predicted octanol–water partition coefficient (Wildman–Crippen LogP) is 3.60. The number of ketones is 1. The molecule has 1 N–H and O–H groups in total. The van der Waals surface area contributed by atoms with Gasteiger partial charge >= 0.3 is 5.97 Å². The van der Waals surface area contributed by atoms with E-state index in [1.807, 2.05) is 32.0 Å². The number of aromatic hydroxyl groups is 1. The largest absolute Gasteiger partial charge is 0.503 e. The van der Waals surface area contributed by atoms with Crippen LogP contribution in [0, 0.1) is 11.8 Å². The number of nitrogens with zero attached hydrogens (tertiary/aromatic N) is 1. The van der Waals surface area contributed by atoms with Gasteiger partial charge in [-0.05, 0) is 25.3 Å². The van der Waals surface area contributed by atoms with E-state index >= 15 is 0 Å². The van der Waals surface area contributed by atoms with Crippen molar-refractivity contribution in [2.45, 2.75) is 45.3 Å². The third-order valence-electron chi connectivity index (χ3n) is 5.87. The van der Waals surface area contributed by atoms with Gasteiger partial charge in [0.05, 0.1) is 32.3 Å². The number of cyclic esters (lactones) is 1. The molecular formula is C26H33NO7. The lowest BCUT2D eigenvalue weighted by Gasteiger charge is -2.30. The average Bonchev–Trinajstić information content (AvgIpc) is 2.88. The molecular weight excluding hydrogens is 438 g/mol. The highest BCUT2D eigenvalue weighted by molar-refractivity contribution is 5.99. The first-order valence-corrected chi connectivity index (χ1v) is 11.6. The molecule has 0 bridgehead atoms. The summed E-state index contributed by atoms with van der Waals surface area (Å²) in [6.45, 7) is 4.76. The molecule has 0 aliphatic carbocycles. The molecule has 2 heterocycles. The molecule has 1 aliphatic rings. The third-order valence-corrected chi connectivity index (χ3v) is 5.87. The van der Waals surface area contributed by atoms with Crippen molar-refractivity contribution >= 4 is 11.8 Å². The second-order valence-corrected chi connectivity index (χ2v) is 8.50. The SMILES string of the molecule is CCCO[C@@H]1[C@@H](Cc2ccccc2)COC[C@H](CC(=O)c2nccc(OC)c2O)C(=O)O[C@H]1C. The first kappa shape index (κ1) is 25.6. The molecule has 1 aromatic carbocycles. The zero-order chi connectivity index (χ0) is 24.5. The van der Waals surface area contributed by atoms with E-state index in [0.29, 0.717) is 19.6 Å². The van der Waals surface area contributed by atoms with Crippen LogP contribution in [0.2, 0.25) is 0 Å². The molecule has 8 nitrogen and oxygen atoms in total. The topological polar surface area (TPSA) is 104 Å². The van der Waals surface area contributed by atoms with Gasteiger partial charge in [0.2, 0.25) is 0 Å². The van der Waals surface area contributed by atoms with Crippen LogP contribution >= 0.6 is 0 Å². The number of carbonyl (C=O) groups excluding carboxylic acids is 2. The first-order chi connectivity index (χ1) is 16.4. The number of rotatable bonds is 9. The van der Waals surface area contributed by atoms with Gasteiger partial charge in [-0.2, -0.15) is 0 Å². The summed E-state index contributed by atoms with van der Waals surface area (Å²) in [6.07, 6.45) is 1.85. The van der Waals surface area contributed by atoms with Crippen LogP contribution in [-0.4, -0.2) is 61.0 Å². The van der Waals surface area contributed by atoms with Crippen LogP contribution in [0.1, 0.15) is 42.7 Å². The second kappa shape index (κ2) is 12.5. The quantitative estimate of drug-likeness (QED) is 0.437. The Bertz CT molecular complexity index is 949. The number of ether oxygens (including phenoxy) is 4. The molecule has 1 saturated heterocycles. The molecule has 184 valence electrons. The molecule has 0 spiro atoms. The van der Waals surface area contributed by atoms with Crippen LogP contribution in [0.15, 0.2) is 42.6 Å². The summed E-state index contributed by atoms with van der Waals surface area (Å²) >= 11 is 0. The Kier molecular flexibility index (Phi) is 9.42. The normalized spacial score (nSPS) is 23.3. The highest BCUT2D eigenvalue weighted by atomic mass is 16.6. The smallest absolute Gasteiger partial charge is 0.312 e. The summed E-state index contributed by atoms with van der Waals surface area (Å²) in [5, 5.41) is 10.3. The second-order valence-electron chi connectivity index (χ2n) is 8.50. The fourth-order valence-corrected chi connectivity index (χ4v) is 4.14. The van der Waals surface area contributed by atoms with Crippen LogP contribution in [0.25, 0.3) is 0 Å². The van der Waals surface area contributed by atoms with Gasteiger partial charge in [-0.15, -0.1) is 0 Å². The van der Waals surface area contributed by atoms with Gasteiger partial charge in [-0.25, -0.2) is 4.98 Å². The maximum atomic E-state index is 13.0. The Morgan fingerprint density at radius 1 is 1.21 bits per heavy atom. The Hall–Kier alpha value is -2.97. The van der Waals surface area contributed by atoms with E-state index < -0.39 is 23.8 Å². The molecule has 0 unspecified atom stereocenters. The number of carbonyl (C=O) groups is 2. The van der Waals surface area contributed by atoms with Gasteiger partial charge in [-0.1, -0.05) is 37.3 Å². The minimum absolute atomic E-state index is 0.0216. The zero-order valence-corrected chi connectivity index (χ0v) is 19.9. The zero-order valence-electron chi connectivity index (χ0n) is 19.9. The number of esters is 1. The van der Waals surface area contributed by atoms with Crippen LogP contribution < -0.4 is 4.74 Å². The van der Waals surface area contributed by atoms with Crippen molar-refractivity contribution in [1.82, 2.24) is 4.98 Å². The average molecular weight is 472 g/mol. The van der Waals surface area contributed by atoms with Crippen LogP contribution in [0.5, 0.6) is 11.5 Å². The summed E-state index contributed by atoms with van der Waals surface area (Å²) in [5.74, 6) is -2.10. The van der Waals surface area contributed by atoms with Crippen molar-refractivity contribution in [3.63, 3.8) is 0 Å². The summed E-state index contributed by atoms with van der Waals surface area (Å²) in [7, 11) is 1.39. The summed E-state index contributed by atoms with van der Waals surface area (Å²) in [4.78, 5) is 29.8. The molecule has 4 atom stereocenters. The van der Waals surface area contributed by atoms with E-state index in [0.717, 1.165) is 12.0 Å². The van der Waals surface area contributed by atoms with Gasteiger partial charge in [0.1, 0.15) is 6.10 Å². The lowest BCUT2D eigenvalue weighted by Crippen LogP contribution is -2.40. The monoisotopic (exact) mass is 471 g/mol. The van der Waals surface area contributed by atoms with E-state index in [4.69, 9.17) is 18.9 Å². The predicted molar refractivity (Wildman–Crippen MR) is 125 cm³/mol. The maximum Gasteiger partial charge on any atom is 0.312 e. The van der Waals surface area contributed by atoms with E-state index in [1.54, 1.807) is 0 Å². The molecule has 1 aliphatic heterocycles. The third kappa shape index (κ3) is 6.55. The van der Waals surface area contributed by atoms with Crippen molar-refractivity contribution in [2.24, 2.45) is 11.8 Å². The Balaban J connectivity index is 1.76. The van der Waals surface area contributed by atoms with Gasteiger partial charge in [0.25, 0.3) is 0 Å². The lowest BCUT2D eigenvalue weighted by molar-refractivity contribution is -0.162. The fraction of sp³-hybridized carbons (Fsp3) is 0.500. The molecule has 8 heteroatoms. The highest BCUT2D eigenvalue weighted by Crippen LogP contribution is 2.30. The minimum atomic E-state index is -0.829. The van der Waals surface area contributed by atoms with Gasteiger partial charge < -0.3 is 24.1 Å². The standard InChI is InChI=1S/C26H33NO7/c1-4-12-33-25-17(2)34-26(30)20(14-21(28)23-24(29)22(31-3)10-11-27-23)16-32-15-19(25)13-18-8-6-5-7-9-18/h5-11,17,19-20,25,29H,4,12-16H2,1-3H3/t17-,19-,20-,25-/m0/s1. The van der Waals surface area contributed by atoms with Crippen molar-refractivity contribution in [1.29, 1.82) is 0 Å². The van der Waals surface area contributed by atoms with Crippen LogP contribution in [0.3, 0.4) is 0 Å². The van der Waals surface area contributed by atoms with Gasteiger partial charge in [0.15, 0.2) is 23.0 Å². The summed E-state index contributed by atoms with van der Waals surface area (Å²) in [5.41, 5.74) is 0.997. The number of methoxy groups -OCH3 is 1. The molecule has 3 rings (SSSR count). The Morgan fingerprint density at radius 2 is 1.97 bits per heavy atom. The number of Topliss-reactive ketones (excluding diaryl/α,β-unsaturated/α-hetero) is 1. The summed E-state index contributed by atoms with van der Waals surface area (Å²) in [6, 6.07) is 11.5. The van der Waals surface area contributed by atoms with Crippen molar-refractivity contribution in [2.75, 3.05) is 26.9 Å². The maximum absolute atomic E-state index is 13.0. The van der Waals surface area contributed by atoms with E-state index in [-0.39, 0.29) is 42.2 Å². The number of pyridine rings is 1. The molecule has 1 fully saturated rings. The molecule has 0 radical (unpaired) electrons. The van der Waals surface area contributed by atoms with E-state index in [1.165, 1.54) is 19.4 Å². The van der Waals surface area contributed by atoms with Crippen LogP contribution in [0.4, 0.5) is 0 Å². The van der Waals surface area contributed by atoms with Gasteiger partial charge in [-0.3, -0.25) is 9.59 Å². The molecule has 2 aromatic rings. The number of aromatic nitrogens is 1. The molecule has 0 amide bonds. The van der Waals surface area contributed by atoms with Crippen molar-refractivity contribution in [3.8, 4) is 11.5 Å². The minimum Gasteiger partial charge on any atom is -0.503 e. The Morgan fingerprint density at radius 3 is 2.68 bits per heavy atom. The number of hydrogen-bond donors (Lipinski definition) is 1. The highest BCUT2D eigenvalue weighted by Gasteiger charge is 2.36. The molecule has 34 heavy (non-hydrogen) atoms. The molecule has 1 aromatic heterocycles. The van der Waals surface area contributed by atoms with E-state index in [9.17, 15) is 14.7 Å².